The lowest BCUT2D eigenvalue weighted by molar-refractivity contribution is -0.118. The molecule has 6 rings (SSSR count). The van der Waals surface area contributed by atoms with Gasteiger partial charge in [0.25, 0.3) is 11.5 Å². The minimum absolute atomic E-state index is 0.0592. The van der Waals surface area contributed by atoms with Crippen molar-refractivity contribution < 1.29 is 19.1 Å². The van der Waals surface area contributed by atoms with Crippen molar-refractivity contribution >= 4 is 34.5 Å². The molecule has 0 saturated carbocycles. The number of fused-ring (bicyclic) bond motifs is 3. The van der Waals surface area contributed by atoms with E-state index in [1.54, 1.807) is 45.9 Å². The Morgan fingerprint density at radius 3 is 2.84 bits per heavy atom. The molecule has 3 aromatic rings. The molecule has 1 N–H and O–H groups in total. The van der Waals surface area contributed by atoms with Crippen LogP contribution in [0.15, 0.2) is 47.3 Å². The molecule has 0 bridgehead atoms. The van der Waals surface area contributed by atoms with E-state index in [9.17, 15) is 19.6 Å². The molecule has 2 fully saturated rings. The van der Waals surface area contributed by atoms with Gasteiger partial charge in [-0.05, 0) is 55.1 Å². The number of benzene rings is 1. The topological polar surface area (TPSA) is 130 Å². The van der Waals surface area contributed by atoms with E-state index in [0.29, 0.717) is 42.5 Å². The molecular weight excluding hydrogens is 476 g/mol. The normalized spacial score (nSPS) is 21.0. The number of hydrogen-bond acceptors (Lipinski definition) is 8. The number of carbonyl (C=O) groups excluding carboxylic acids is 2. The van der Waals surface area contributed by atoms with E-state index in [2.05, 4.69) is 21.3 Å². The molecule has 2 atom stereocenters. The molecule has 0 aliphatic carbocycles. The summed E-state index contributed by atoms with van der Waals surface area (Å²) in [7, 11) is 0. The van der Waals surface area contributed by atoms with Crippen molar-refractivity contribution in [2.24, 2.45) is 0 Å². The summed E-state index contributed by atoms with van der Waals surface area (Å²) in [5.41, 5.74) is 1.18. The third-order valence-corrected chi connectivity index (χ3v) is 7.07. The first kappa shape index (κ1) is 23.0. The van der Waals surface area contributed by atoms with Crippen LogP contribution in [0.4, 0.5) is 16.4 Å². The predicted octanol–water partition coefficient (Wildman–Crippen LogP) is 2.09. The Morgan fingerprint density at radius 2 is 1.97 bits per heavy atom. The van der Waals surface area contributed by atoms with Gasteiger partial charge in [-0.2, -0.15) is 5.26 Å². The molecular formula is C26H24N6O5. The third kappa shape index (κ3) is 4.25. The summed E-state index contributed by atoms with van der Waals surface area (Å²) in [5, 5.41) is 12.8. The van der Waals surface area contributed by atoms with Gasteiger partial charge >= 0.3 is 6.09 Å². The lowest BCUT2D eigenvalue weighted by Crippen LogP contribution is -2.49. The summed E-state index contributed by atoms with van der Waals surface area (Å²) in [6, 6.07) is 14.1. The molecule has 11 nitrogen and oxygen atoms in total. The van der Waals surface area contributed by atoms with Gasteiger partial charge in [0.2, 0.25) is 0 Å². The second kappa shape index (κ2) is 9.22. The summed E-state index contributed by atoms with van der Waals surface area (Å²) in [6.07, 6.45) is 0.681. The molecule has 3 aliphatic heterocycles. The van der Waals surface area contributed by atoms with Crippen LogP contribution >= 0.6 is 0 Å². The average molecular weight is 501 g/mol. The summed E-state index contributed by atoms with van der Waals surface area (Å²) < 4.78 is 12.8. The molecule has 2 saturated heterocycles. The van der Waals surface area contributed by atoms with E-state index in [1.165, 1.54) is 0 Å². The standard InChI is InChI=1S/C26H24N6O5/c27-13-16-2-3-17-4-7-24(34)31(19(17)12-16)10-1-9-30-11-8-18-21(14-30)37-26(35)32(18)22-6-5-20-25(28-22)29-23(33)15-36-20/h2-7,12,18,21H,1,8-11,14-15H2,(H,28,29,33)/t18-,21+/m0/s1. The zero-order chi connectivity index (χ0) is 25.5. The quantitative estimate of drug-likeness (QED) is 0.564. The zero-order valence-electron chi connectivity index (χ0n) is 19.9. The van der Waals surface area contributed by atoms with Crippen LogP contribution in [-0.4, -0.2) is 64.8 Å². The van der Waals surface area contributed by atoms with Gasteiger partial charge in [-0.1, -0.05) is 6.07 Å². The van der Waals surface area contributed by atoms with E-state index in [1.807, 2.05) is 6.07 Å². The van der Waals surface area contributed by atoms with Crippen molar-refractivity contribution in [2.45, 2.75) is 31.5 Å². The first-order chi connectivity index (χ1) is 18.0. The van der Waals surface area contributed by atoms with Crippen molar-refractivity contribution in [3.63, 3.8) is 0 Å². The van der Waals surface area contributed by atoms with Gasteiger partial charge in [-0.25, -0.2) is 9.78 Å². The lowest BCUT2D eigenvalue weighted by Gasteiger charge is -2.35. The van der Waals surface area contributed by atoms with Crippen molar-refractivity contribution in [3.8, 4) is 11.8 Å². The van der Waals surface area contributed by atoms with E-state index in [-0.39, 0.29) is 30.2 Å². The van der Waals surface area contributed by atoms with E-state index in [4.69, 9.17) is 9.47 Å². The highest BCUT2D eigenvalue weighted by Crippen LogP contribution is 2.34. The molecule has 11 heteroatoms. The number of hydrogen-bond donors (Lipinski definition) is 1. The fraction of sp³-hybridized carbons (Fsp3) is 0.346. The van der Waals surface area contributed by atoms with Crippen molar-refractivity contribution in [2.75, 3.05) is 36.5 Å². The fourth-order valence-corrected chi connectivity index (χ4v) is 5.30. The maximum atomic E-state index is 12.8. The van der Waals surface area contributed by atoms with Crippen LogP contribution in [0.1, 0.15) is 18.4 Å². The smallest absolute Gasteiger partial charge is 0.416 e. The number of aryl methyl sites for hydroxylation is 1. The first-order valence-electron chi connectivity index (χ1n) is 12.2. The number of anilines is 2. The van der Waals surface area contributed by atoms with Crippen molar-refractivity contribution in [3.05, 3.63) is 58.4 Å². The number of nitrogens with one attached hydrogen (secondary N) is 1. The highest BCUT2D eigenvalue weighted by Gasteiger charge is 2.46. The van der Waals surface area contributed by atoms with Gasteiger partial charge in [0.15, 0.2) is 18.2 Å². The first-order valence-corrected chi connectivity index (χ1v) is 12.2. The monoisotopic (exact) mass is 500 g/mol. The Kier molecular flexibility index (Phi) is 5.73. The number of nitriles is 1. The van der Waals surface area contributed by atoms with E-state index in [0.717, 1.165) is 30.4 Å². The number of amides is 2. The molecule has 1 aromatic carbocycles. The molecule has 2 aromatic heterocycles. The zero-order valence-corrected chi connectivity index (χ0v) is 19.9. The van der Waals surface area contributed by atoms with Gasteiger partial charge in [-0.3, -0.25) is 19.4 Å². The van der Waals surface area contributed by atoms with Gasteiger partial charge < -0.3 is 19.4 Å². The summed E-state index contributed by atoms with van der Waals surface area (Å²) in [5.74, 6) is 0.899. The Labute approximate surface area is 211 Å². The number of rotatable bonds is 5. The predicted molar refractivity (Wildman–Crippen MR) is 133 cm³/mol. The fourth-order valence-electron chi connectivity index (χ4n) is 5.30. The van der Waals surface area contributed by atoms with Crippen LogP contribution in [-0.2, 0) is 16.1 Å². The minimum atomic E-state index is -0.456. The minimum Gasteiger partial charge on any atom is -0.480 e. The van der Waals surface area contributed by atoms with Gasteiger partial charge in [0.1, 0.15) is 11.9 Å². The summed E-state index contributed by atoms with van der Waals surface area (Å²) >= 11 is 0. The lowest BCUT2D eigenvalue weighted by atomic mass is 10.0. The Balaban J connectivity index is 1.11. The van der Waals surface area contributed by atoms with E-state index >= 15 is 0 Å². The maximum absolute atomic E-state index is 12.8. The van der Waals surface area contributed by atoms with Crippen LogP contribution in [0.5, 0.6) is 5.75 Å². The third-order valence-electron chi connectivity index (χ3n) is 7.07. The second-order valence-electron chi connectivity index (χ2n) is 9.36. The molecule has 0 radical (unpaired) electrons. The number of carbonyl (C=O) groups is 2. The van der Waals surface area contributed by atoms with Crippen LogP contribution in [0, 0.1) is 11.3 Å². The van der Waals surface area contributed by atoms with E-state index < -0.39 is 6.09 Å². The number of pyridine rings is 2. The number of nitrogens with zero attached hydrogens (tertiary/aromatic N) is 5. The Bertz CT molecular complexity index is 1510. The highest BCUT2D eigenvalue weighted by atomic mass is 16.6. The highest BCUT2D eigenvalue weighted by molar-refractivity contribution is 5.95. The number of ether oxygens (including phenoxy) is 2. The number of aromatic nitrogens is 2. The van der Waals surface area contributed by atoms with Crippen LogP contribution in [0.25, 0.3) is 10.9 Å². The molecule has 188 valence electrons. The van der Waals surface area contributed by atoms with Crippen molar-refractivity contribution in [1.29, 1.82) is 5.26 Å². The Morgan fingerprint density at radius 1 is 1.11 bits per heavy atom. The van der Waals surface area contributed by atoms with Crippen LogP contribution in [0.3, 0.4) is 0 Å². The SMILES string of the molecule is N#Cc1ccc2ccc(=O)n(CCCN3CC[C@H]4[C@@H](C3)OC(=O)N4c3ccc4c(n3)NC(=O)CO4)c2c1. The number of piperidine rings is 1. The molecule has 5 heterocycles. The summed E-state index contributed by atoms with van der Waals surface area (Å²) in [4.78, 5) is 45.2. The van der Waals surface area contributed by atoms with Gasteiger partial charge in [-0.15, -0.1) is 0 Å². The molecule has 2 amide bonds. The molecule has 3 aliphatic rings. The largest absolute Gasteiger partial charge is 0.480 e. The van der Waals surface area contributed by atoms with Crippen molar-refractivity contribution in [1.82, 2.24) is 14.5 Å². The Hall–Kier alpha value is -4.43. The molecule has 0 unspecified atom stereocenters. The molecule has 37 heavy (non-hydrogen) atoms. The number of likely N-dealkylation sites (tertiary alicyclic amines) is 1. The van der Waals surface area contributed by atoms with Gasteiger partial charge in [0.05, 0.1) is 23.2 Å². The molecule has 0 spiro atoms. The second-order valence-corrected chi connectivity index (χ2v) is 9.36. The summed E-state index contributed by atoms with van der Waals surface area (Å²) in [6.45, 7) is 2.55. The van der Waals surface area contributed by atoms with Crippen LogP contribution < -0.4 is 20.5 Å². The van der Waals surface area contributed by atoms with Gasteiger partial charge in [0, 0.05) is 25.7 Å². The van der Waals surface area contributed by atoms with Crippen LogP contribution in [0.2, 0.25) is 0 Å². The maximum Gasteiger partial charge on any atom is 0.416 e. The average Bonchev–Trinajstić information content (AvgIpc) is 3.24.